The van der Waals surface area contributed by atoms with Gasteiger partial charge in [0.15, 0.2) is 0 Å². The van der Waals surface area contributed by atoms with Gasteiger partial charge in [0.25, 0.3) is 0 Å². The normalized spacial score (nSPS) is 19.0. The monoisotopic (exact) mass is 286 g/mol. The second-order valence-corrected chi connectivity index (χ2v) is 6.04. The Labute approximate surface area is 123 Å². The summed E-state index contributed by atoms with van der Waals surface area (Å²) in [6.07, 6.45) is 2.54. The molecule has 0 fully saturated rings. The van der Waals surface area contributed by atoms with E-state index in [-0.39, 0.29) is 0 Å². The largest absolute Gasteiger partial charge is 0.383 e. The van der Waals surface area contributed by atoms with Gasteiger partial charge in [-0.25, -0.2) is 4.39 Å². The third-order valence-corrected chi connectivity index (χ3v) is 4.83. The van der Waals surface area contributed by atoms with Crippen LogP contribution in [0.3, 0.4) is 0 Å². The van der Waals surface area contributed by atoms with E-state index in [1.165, 1.54) is 23.3 Å². The fraction of sp³-hybridized carbons (Fsp3) is 0.353. The lowest BCUT2D eigenvalue weighted by Gasteiger charge is -2.41. The summed E-state index contributed by atoms with van der Waals surface area (Å²) in [4.78, 5) is 4.07. The highest BCUT2D eigenvalue weighted by Crippen LogP contribution is 2.48. The molecule has 1 aliphatic carbocycles. The molecule has 4 heteroatoms. The SMILES string of the molecule is CC(O)(c1ccc(F)cn1)C1(CN)Cc2ccccc2C1. The van der Waals surface area contributed by atoms with Crippen LogP contribution in [0.15, 0.2) is 42.6 Å². The Balaban J connectivity index is 2.02. The van der Waals surface area contributed by atoms with Crippen LogP contribution < -0.4 is 5.73 Å². The molecule has 3 rings (SSSR count). The van der Waals surface area contributed by atoms with Crippen LogP contribution in [0.1, 0.15) is 23.7 Å². The highest BCUT2D eigenvalue weighted by Gasteiger charge is 2.51. The third-order valence-electron chi connectivity index (χ3n) is 4.83. The molecule has 0 amide bonds. The number of hydrogen-bond acceptors (Lipinski definition) is 3. The van der Waals surface area contributed by atoms with E-state index in [4.69, 9.17) is 5.73 Å². The first-order valence-corrected chi connectivity index (χ1v) is 7.10. The molecule has 110 valence electrons. The maximum absolute atomic E-state index is 13.1. The van der Waals surface area contributed by atoms with Crippen LogP contribution in [0.4, 0.5) is 4.39 Å². The summed E-state index contributed by atoms with van der Waals surface area (Å²) in [6, 6.07) is 11.0. The van der Waals surface area contributed by atoms with Crippen molar-refractivity contribution in [2.24, 2.45) is 11.1 Å². The van der Waals surface area contributed by atoms with Crippen LogP contribution in [0.5, 0.6) is 0 Å². The van der Waals surface area contributed by atoms with Gasteiger partial charge in [-0.15, -0.1) is 0 Å². The van der Waals surface area contributed by atoms with E-state index < -0.39 is 16.8 Å². The average Bonchev–Trinajstić information content (AvgIpc) is 2.88. The number of aromatic nitrogens is 1. The fourth-order valence-electron chi connectivity index (χ4n) is 3.32. The van der Waals surface area contributed by atoms with Crippen molar-refractivity contribution in [2.45, 2.75) is 25.4 Å². The molecular formula is C17H19FN2O. The summed E-state index contributed by atoms with van der Waals surface area (Å²) < 4.78 is 13.1. The van der Waals surface area contributed by atoms with Gasteiger partial charge >= 0.3 is 0 Å². The topological polar surface area (TPSA) is 59.1 Å². The van der Waals surface area contributed by atoms with E-state index in [2.05, 4.69) is 17.1 Å². The number of halogens is 1. The first-order chi connectivity index (χ1) is 9.98. The van der Waals surface area contributed by atoms with Crippen molar-refractivity contribution in [3.63, 3.8) is 0 Å². The molecule has 0 aliphatic heterocycles. The maximum Gasteiger partial charge on any atom is 0.141 e. The molecule has 0 saturated heterocycles. The van der Waals surface area contributed by atoms with Gasteiger partial charge in [0.2, 0.25) is 0 Å². The number of aliphatic hydroxyl groups is 1. The molecule has 0 spiro atoms. The minimum atomic E-state index is -1.21. The maximum atomic E-state index is 13.1. The van der Waals surface area contributed by atoms with Crippen molar-refractivity contribution in [1.29, 1.82) is 0 Å². The molecule has 1 atom stereocenters. The highest BCUT2D eigenvalue weighted by atomic mass is 19.1. The van der Waals surface area contributed by atoms with Crippen molar-refractivity contribution in [1.82, 2.24) is 4.98 Å². The van der Waals surface area contributed by atoms with Gasteiger partial charge in [-0.3, -0.25) is 4.98 Å². The number of rotatable bonds is 3. The van der Waals surface area contributed by atoms with E-state index in [1.54, 1.807) is 6.92 Å². The first-order valence-electron chi connectivity index (χ1n) is 7.10. The van der Waals surface area contributed by atoms with Crippen LogP contribution in [-0.2, 0) is 18.4 Å². The Morgan fingerprint density at radius 2 is 1.86 bits per heavy atom. The molecule has 1 unspecified atom stereocenters. The highest BCUT2D eigenvalue weighted by molar-refractivity contribution is 5.37. The molecule has 1 heterocycles. The molecule has 0 bridgehead atoms. The Kier molecular flexibility index (Phi) is 3.30. The summed E-state index contributed by atoms with van der Waals surface area (Å²) in [5, 5.41) is 11.1. The summed E-state index contributed by atoms with van der Waals surface area (Å²) in [7, 11) is 0. The van der Waals surface area contributed by atoms with Crippen LogP contribution in [0.2, 0.25) is 0 Å². The lowest BCUT2D eigenvalue weighted by molar-refractivity contribution is -0.0709. The molecule has 3 nitrogen and oxygen atoms in total. The average molecular weight is 286 g/mol. The fourth-order valence-corrected chi connectivity index (χ4v) is 3.32. The Morgan fingerprint density at radius 3 is 2.33 bits per heavy atom. The standard InChI is InChI=1S/C17H19FN2O/c1-16(21,15-7-6-14(18)10-20-15)17(11-19)8-12-4-2-3-5-13(12)9-17/h2-7,10,21H,8-9,11,19H2,1H3. The van der Waals surface area contributed by atoms with E-state index in [0.29, 0.717) is 25.1 Å². The van der Waals surface area contributed by atoms with E-state index in [9.17, 15) is 9.50 Å². The van der Waals surface area contributed by atoms with Crippen LogP contribution in [0.25, 0.3) is 0 Å². The van der Waals surface area contributed by atoms with Crippen molar-refractivity contribution in [3.05, 3.63) is 65.2 Å². The van der Waals surface area contributed by atoms with Crippen molar-refractivity contribution in [3.8, 4) is 0 Å². The number of hydrogen-bond donors (Lipinski definition) is 2. The molecule has 1 aromatic heterocycles. The van der Waals surface area contributed by atoms with Gasteiger partial charge < -0.3 is 10.8 Å². The van der Waals surface area contributed by atoms with E-state index in [1.807, 2.05) is 12.1 Å². The zero-order chi connectivity index (χ0) is 15.1. The number of fused-ring (bicyclic) bond motifs is 1. The van der Waals surface area contributed by atoms with Crippen LogP contribution in [-0.4, -0.2) is 16.6 Å². The van der Waals surface area contributed by atoms with Crippen LogP contribution in [0, 0.1) is 11.2 Å². The van der Waals surface area contributed by atoms with Gasteiger partial charge in [-0.1, -0.05) is 24.3 Å². The quantitative estimate of drug-likeness (QED) is 0.909. The van der Waals surface area contributed by atoms with Gasteiger partial charge in [-0.2, -0.15) is 0 Å². The first kappa shape index (κ1) is 14.2. The summed E-state index contributed by atoms with van der Waals surface area (Å²) in [5.41, 5.74) is 7.20. The number of nitrogens with two attached hydrogens (primary N) is 1. The molecule has 2 aromatic rings. The second-order valence-electron chi connectivity index (χ2n) is 6.04. The molecule has 21 heavy (non-hydrogen) atoms. The third kappa shape index (κ3) is 2.15. The van der Waals surface area contributed by atoms with Gasteiger partial charge in [0.1, 0.15) is 11.4 Å². The second kappa shape index (κ2) is 4.90. The predicted molar refractivity (Wildman–Crippen MR) is 79.1 cm³/mol. The number of nitrogens with zero attached hydrogens (tertiary/aromatic N) is 1. The number of benzene rings is 1. The molecule has 1 aromatic carbocycles. The molecular weight excluding hydrogens is 267 g/mol. The van der Waals surface area contributed by atoms with Crippen molar-refractivity contribution < 1.29 is 9.50 Å². The molecule has 3 N–H and O–H groups in total. The van der Waals surface area contributed by atoms with Gasteiger partial charge in [0, 0.05) is 12.0 Å². The molecule has 0 radical (unpaired) electrons. The molecule has 0 saturated carbocycles. The van der Waals surface area contributed by atoms with Crippen molar-refractivity contribution >= 4 is 0 Å². The zero-order valence-electron chi connectivity index (χ0n) is 12.0. The van der Waals surface area contributed by atoms with Crippen LogP contribution >= 0.6 is 0 Å². The van der Waals surface area contributed by atoms with E-state index >= 15 is 0 Å². The molecule has 1 aliphatic rings. The predicted octanol–water partition coefficient (Wildman–Crippen LogP) is 2.17. The minimum absolute atomic E-state index is 0.341. The minimum Gasteiger partial charge on any atom is -0.383 e. The van der Waals surface area contributed by atoms with E-state index in [0.717, 1.165) is 6.20 Å². The number of pyridine rings is 1. The Bertz CT molecular complexity index is 627. The lowest BCUT2D eigenvalue weighted by atomic mass is 9.68. The summed E-state index contributed by atoms with van der Waals surface area (Å²) >= 11 is 0. The van der Waals surface area contributed by atoms with Gasteiger partial charge in [-0.05, 0) is 43.0 Å². The Morgan fingerprint density at radius 1 is 1.24 bits per heavy atom. The summed E-state index contributed by atoms with van der Waals surface area (Å²) in [5.74, 6) is -0.411. The smallest absolute Gasteiger partial charge is 0.141 e. The lowest BCUT2D eigenvalue weighted by Crippen LogP contribution is -2.50. The zero-order valence-corrected chi connectivity index (χ0v) is 12.0. The Hall–Kier alpha value is -1.78. The van der Waals surface area contributed by atoms with Gasteiger partial charge in [0.05, 0.1) is 11.9 Å². The van der Waals surface area contributed by atoms with Crippen molar-refractivity contribution in [2.75, 3.05) is 6.54 Å². The summed E-state index contributed by atoms with van der Waals surface area (Å²) in [6.45, 7) is 2.07.